The Hall–Kier alpha value is -3.29. The molecule has 3 rings (SSSR count). The molecule has 1 amide bonds. The van der Waals surface area contributed by atoms with E-state index in [2.05, 4.69) is 25.9 Å². The van der Waals surface area contributed by atoms with Crippen molar-refractivity contribution in [3.63, 3.8) is 0 Å². The quantitative estimate of drug-likeness (QED) is 0.625. The number of aryl methyl sites for hydroxylation is 2. The maximum absolute atomic E-state index is 12.9. The molecule has 2 heterocycles. The van der Waals surface area contributed by atoms with E-state index in [0.29, 0.717) is 24.7 Å². The van der Waals surface area contributed by atoms with Gasteiger partial charge in [0.05, 0.1) is 12.1 Å². The number of carbonyl (C=O) groups excluding carboxylic acids is 1. The van der Waals surface area contributed by atoms with Crippen molar-refractivity contribution < 1.29 is 9.18 Å². The number of halogens is 1. The van der Waals surface area contributed by atoms with Gasteiger partial charge in [-0.3, -0.25) is 4.79 Å². The lowest BCUT2D eigenvalue weighted by Gasteiger charge is -2.08. The standard InChI is InChI=1S/C19H21FN6O/c1-13-11-14(2)26(25-13)18-8-7-17(23-24-18)21-9-10-22-19(27)12-15-3-5-16(20)6-4-15/h3-8,11H,9-10,12H2,1-2H3,(H,21,23)(H,22,27). The highest BCUT2D eigenvalue weighted by atomic mass is 19.1. The number of hydrogen-bond donors (Lipinski definition) is 2. The van der Waals surface area contributed by atoms with Crippen LogP contribution in [0.2, 0.25) is 0 Å². The summed E-state index contributed by atoms with van der Waals surface area (Å²) in [5.74, 6) is 0.842. The summed E-state index contributed by atoms with van der Waals surface area (Å²) in [5.41, 5.74) is 2.69. The van der Waals surface area contributed by atoms with E-state index in [1.807, 2.05) is 32.0 Å². The smallest absolute Gasteiger partial charge is 0.224 e. The van der Waals surface area contributed by atoms with Crippen LogP contribution in [0.1, 0.15) is 17.0 Å². The third kappa shape index (κ3) is 5.10. The molecule has 0 aliphatic heterocycles. The summed E-state index contributed by atoms with van der Waals surface area (Å²) in [5, 5.41) is 18.6. The number of carbonyl (C=O) groups is 1. The van der Waals surface area contributed by atoms with Crippen molar-refractivity contribution in [2.24, 2.45) is 0 Å². The average molecular weight is 368 g/mol. The van der Waals surface area contributed by atoms with E-state index in [9.17, 15) is 9.18 Å². The van der Waals surface area contributed by atoms with Gasteiger partial charge in [-0.05, 0) is 49.7 Å². The Morgan fingerprint density at radius 2 is 1.85 bits per heavy atom. The summed E-state index contributed by atoms with van der Waals surface area (Å²) in [6.45, 7) is 4.85. The van der Waals surface area contributed by atoms with E-state index in [0.717, 1.165) is 17.0 Å². The Balaban J connectivity index is 1.43. The first-order valence-corrected chi connectivity index (χ1v) is 8.63. The predicted molar refractivity (Wildman–Crippen MR) is 100 cm³/mol. The minimum absolute atomic E-state index is 0.116. The largest absolute Gasteiger partial charge is 0.367 e. The number of aromatic nitrogens is 4. The highest BCUT2D eigenvalue weighted by Gasteiger charge is 2.06. The van der Waals surface area contributed by atoms with Crippen LogP contribution in [0.15, 0.2) is 42.5 Å². The molecule has 0 fully saturated rings. The second-order valence-electron chi connectivity index (χ2n) is 6.20. The molecule has 27 heavy (non-hydrogen) atoms. The summed E-state index contributed by atoms with van der Waals surface area (Å²) < 4.78 is 14.6. The second-order valence-corrected chi connectivity index (χ2v) is 6.20. The lowest BCUT2D eigenvalue weighted by Crippen LogP contribution is -2.30. The van der Waals surface area contributed by atoms with Crippen LogP contribution >= 0.6 is 0 Å². The predicted octanol–water partition coefficient (Wildman–Crippen LogP) is 2.19. The maximum atomic E-state index is 12.9. The number of anilines is 1. The molecule has 2 N–H and O–H groups in total. The third-order valence-corrected chi connectivity index (χ3v) is 3.91. The van der Waals surface area contributed by atoms with Crippen molar-refractivity contribution in [2.45, 2.75) is 20.3 Å². The number of benzene rings is 1. The molecule has 140 valence electrons. The van der Waals surface area contributed by atoms with E-state index < -0.39 is 0 Å². The summed E-state index contributed by atoms with van der Waals surface area (Å²) >= 11 is 0. The molecule has 0 radical (unpaired) electrons. The number of nitrogens with zero attached hydrogens (tertiary/aromatic N) is 4. The van der Waals surface area contributed by atoms with E-state index >= 15 is 0 Å². The summed E-state index contributed by atoms with van der Waals surface area (Å²) in [4.78, 5) is 11.9. The normalized spacial score (nSPS) is 10.6. The van der Waals surface area contributed by atoms with Crippen molar-refractivity contribution in [3.8, 4) is 5.82 Å². The molecule has 0 spiro atoms. The average Bonchev–Trinajstić information content (AvgIpc) is 2.99. The fourth-order valence-electron chi connectivity index (χ4n) is 2.64. The van der Waals surface area contributed by atoms with Gasteiger partial charge >= 0.3 is 0 Å². The molecule has 0 bridgehead atoms. The molecular weight excluding hydrogens is 347 g/mol. The van der Waals surface area contributed by atoms with Crippen LogP contribution in [0.25, 0.3) is 5.82 Å². The van der Waals surface area contributed by atoms with Gasteiger partial charge in [0.1, 0.15) is 11.6 Å². The van der Waals surface area contributed by atoms with Crippen LogP contribution in [0.3, 0.4) is 0 Å². The Labute approximate surface area is 156 Å². The van der Waals surface area contributed by atoms with Gasteiger partial charge in [0.2, 0.25) is 5.91 Å². The molecule has 0 unspecified atom stereocenters. The van der Waals surface area contributed by atoms with Gasteiger partial charge in [-0.2, -0.15) is 5.10 Å². The van der Waals surface area contributed by atoms with Gasteiger partial charge in [0, 0.05) is 18.8 Å². The highest BCUT2D eigenvalue weighted by Crippen LogP contribution is 2.10. The van der Waals surface area contributed by atoms with E-state index in [-0.39, 0.29) is 18.1 Å². The molecule has 8 heteroatoms. The first kappa shape index (κ1) is 18.5. The SMILES string of the molecule is Cc1cc(C)n(-c2ccc(NCCNC(=O)Cc3ccc(F)cc3)nn2)n1. The summed E-state index contributed by atoms with van der Waals surface area (Å²) in [6.07, 6.45) is 0.220. The van der Waals surface area contributed by atoms with Crippen LogP contribution in [-0.2, 0) is 11.2 Å². The molecule has 0 saturated heterocycles. The summed E-state index contributed by atoms with van der Waals surface area (Å²) in [6, 6.07) is 11.5. The van der Waals surface area contributed by atoms with Gasteiger partial charge < -0.3 is 10.6 Å². The zero-order chi connectivity index (χ0) is 19.2. The molecule has 0 aliphatic carbocycles. The second kappa shape index (κ2) is 8.39. The molecule has 7 nitrogen and oxygen atoms in total. The topological polar surface area (TPSA) is 84.7 Å². The zero-order valence-electron chi connectivity index (χ0n) is 15.2. The van der Waals surface area contributed by atoms with E-state index in [1.165, 1.54) is 12.1 Å². The fourth-order valence-corrected chi connectivity index (χ4v) is 2.64. The van der Waals surface area contributed by atoms with Crippen molar-refractivity contribution in [1.29, 1.82) is 0 Å². The van der Waals surface area contributed by atoms with E-state index in [1.54, 1.807) is 16.8 Å². The first-order valence-electron chi connectivity index (χ1n) is 8.63. The van der Waals surface area contributed by atoms with Crippen molar-refractivity contribution >= 4 is 11.7 Å². The van der Waals surface area contributed by atoms with Gasteiger partial charge in [0.15, 0.2) is 5.82 Å². The lowest BCUT2D eigenvalue weighted by atomic mass is 10.1. The van der Waals surface area contributed by atoms with Crippen molar-refractivity contribution in [2.75, 3.05) is 18.4 Å². The van der Waals surface area contributed by atoms with Crippen LogP contribution in [0.4, 0.5) is 10.2 Å². The van der Waals surface area contributed by atoms with Gasteiger partial charge in [-0.15, -0.1) is 10.2 Å². The molecule has 3 aromatic rings. The number of rotatable bonds is 7. The summed E-state index contributed by atoms with van der Waals surface area (Å²) in [7, 11) is 0. The van der Waals surface area contributed by atoms with Crippen LogP contribution in [-0.4, -0.2) is 39.0 Å². The van der Waals surface area contributed by atoms with Gasteiger partial charge in [-0.1, -0.05) is 12.1 Å². The zero-order valence-corrected chi connectivity index (χ0v) is 15.2. The van der Waals surface area contributed by atoms with Gasteiger partial charge in [0.25, 0.3) is 0 Å². The van der Waals surface area contributed by atoms with Crippen molar-refractivity contribution in [1.82, 2.24) is 25.3 Å². The Bertz CT molecular complexity index is 905. The molecule has 0 saturated carbocycles. The monoisotopic (exact) mass is 368 g/mol. The number of hydrogen-bond acceptors (Lipinski definition) is 5. The van der Waals surface area contributed by atoms with Crippen molar-refractivity contribution in [3.05, 3.63) is 65.2 Å². The van der Waals surface area contributed by atoms with Crippen LogP contribution < -0.4 is 10.6 Å². The molecule has 0 aliphatic rings. The molecule has 1 aromatic carbocycles. The minimum Gasteiger partial charge on any atom is -0.367 e. The lowest BCUT2D eigenvalue weighted by molar-refractivity contribution is -0.120. The number of amides is 1. The van der Waals surface area contributed by atoms with E-state index in [4.69, 9.17) is 0 Å². The van der Waals surface area contributed by atoms with Gasteiger partial charge in [-0.25, -0.2) is 9.07 Å². The molecule has 0 atom stereocenters. The third-order valence-electron chi connectivity index (χ3n) is 3.91. The van der Waals surface area contributed by atoms with Crippen LogP contribution in [0, 0.1) is 19.7 Å². The number of nitrogens with one attached hydrogen (secondary N) is 2. The first-order chi connectivity index (χ1) is 13.0. The Morgan fingerprint density at radius 3 is 2.48 bits per heavy atom. The molecule has 2 aromatic heterocycles. The van der Waals surface area contributed by atoms with Crippen LogP contribution in [0.5, 0.6) is 0 Å². The Morgan fingerprint density at radius 1 is 1.07 bits per heavy atom. The Kier molecular flexibility index (Phi) is 5.75. The maximum Gasteiger partial charge on any atom is 0.224 e. The molecular formula is C19H21FN6O. The minimum atomic E-state index is -0.312. The fraction of sp³-hybridized carbons (Fsp3) is 0.263. The highest BCUT2D eigenvalue weighted by molar-refractivity contribution is 5.78.